The lowest BCUT2D eigenvalue weighted by molar-refractivity contribution is -0.123. The quantitative estimate of drug-likeness (QED) is 0.545. The lowest BCUT2D eigenvalue weighted by Gasteiger charge is -2.30. The van der Waals surface area contributed by atoms with Gasteiger partial charge in [0.15, 0.2) is 0 Å². The van der Waals surface area contributed by atoms with Crippen molar-refractivity contribution in [3.05, 3.63) is 71.8 Å². The van der Waals surface area contributed by atoms with Gasteiger partial charge in [-0.1, -0.05) is 67.6 Å². The van der Waals surface area contributed by atoms with E-state index in [1.807, 2.05) is 19.1 Å². The molecule has 0 saturated carbocycles. The standard InChI is InChI=1S/C24H31NO2S/c1-18(24(3,4)28-17-25-19(2)26)23(27)16-15-22(20-11-7-5-8-12-20)21-13-9-6-10-14-21/h5-14,18,22H,15-17H2,1-4H3,(H,25,26)/t18-/m1/s1. The van der Waals surface area contributed by atoms with Crippen LogP contribution >= 0.6 is 11.8 Å². The molecule has 0 aliphatic carbocycles. The Kier molecular flexibility index (Phi) is 8.31. The van der Waals surface area contributed by atoms with Gasteiger partial charge in [0.25, 0.3) is 0 Å². The van der Waals surface area contributed by atoms with Gasteiger partial charge in [-0.05, 0) is 31.4 Å². The largest absolute Gasteiger partial charge is 0.347 e. The van der Waals surface area contributed by atoms with Crippen LogP contribution in [0.15, 0.2) is 60.7 Å². The van der Waals surface area contributed by atoms with Crippen molar-refractivity contribution in [2.24, 2.45) is 5.92 Å². The molecule has 0 heterocycles. The third-order valence-electron chi connectivity index (χ3n) is 5.37. The highest BCUT2D eigenvalue weighted by Crippen LogP contribution is 2.35. The van der Waals surface area contributed by atoms with Gasteiger partial charge in [0.1, 0.15) is 5.78 Å². The predicted octanol–water partition coefficient (Wildman–Crippen LogP) is 5.41. The fraction of sp³-hybridized carbons (Fsp3) is 0.417. The third kappa shape index (κ3) is 6.52. The number of benzene rings is 2. The van der Waals surface area contributed by atoms with E-state index in [-0.39, 0.29) is 28.3 Å². The molecule has 0 aliphatic heterocycles. The molecule has 0 radical (unpaired) electrons. The van der Waals surface area contributed by atoms with Crippen LogP contribution in [0.4, 0.5) is 0 Å². The second-order valence-electron chi connectivity index (χ2n) is 7.73. The van der Waals surface area contributed by atoms with E-state index in [0.29, 0.717) is 12.3 Å². The minimum absolute atomic E-state index is 0.0455. The van der Waals surface area contributed by atoms with Crippen LogP contribution in [-0.4, -0.2) is 22.3 Å². The van der Waals surface area contributed by atoms with E-state index in [0.717, 1.165) is 6.42 Å². The topological polar surface area (TPSA) is 46.2 Å². The van der Waals surface area contributed by atoms with Gasteiger partial charge in [0, 0.05) is 29.9 Å². The summed E-state index contributed by atoms with van der Waals surface area (Å²) in [5, 5.41) is 2.80. The van der Waals surface area contributed by atoms with E-state index < -0.39 is 0 Å². The first-order valence-corrected chi connectivity index (χ1v) is 10.8. The van der Waals surface area contributed by atoms with Gasteiger partial charge < -0.3 is 5.32 Å². The summed E-state index contributed by atoms with van der Waals surface area (Å²) in [6.45, 7) is 7.67. The molecule has 0 unspecified atom stereocenters. The first-order valence-electron chi connectivity index (χ1n) is 9.82. The van der Waals surface area contributed by atoms with Crippen molar-refractivity contribution in [1.29, 1.82) is 0 Å². The number of nitrogens with one attached hydrogen (secondary N) is 1. The summed E-state index contributed by atoms with van der Waals surface area (Å²) in [4.78, 5) is 24.0. The Morgan fingerprint density at radius 2 is 1.46 bits per heavy atom. The van der Waals surface area contributed by atoms with E-state index in [1.165, 1.54) is 18.1 Å². The molecule has 2 rings (SSSR count). The predicted molar refractivity (Wildman–Crippen MR) is 118 cm³/mol. The molecular formula is C24H31NO2S. The Morgan fingerprint density at radius 3 is 1.93 bits per heavy atom. The normalized spacial score (nSPS) is 12.6. The Morgan fingerprint density at radius 1 is 0.964 bits per heavy atom. The van der Waals surface area contributed by atoms with E-state index in [1.54, 1.807) is 11.8 Å². The van der Waals surface area contributed by atoms with Crippen LogP contribution in [0.1, 0.15) is 57.6 Å². The molecule has 4 heteroatoms. The van der Waals surface area contributed by atoms with Gasteiger partial charge in [-0.25, -0.2) is 0 Å². The van der Waals surface area contributed by atoms with Gasteiger partial charge in [-0.2, -0.15) is 0 Å². The Hall–Kier alpha value is -2.07. The van der Waals surface area contributed by atoms with Crippen LogP contribution in [0, 0.1) is 5.92 Å². The first kappa shape index (κ1) is 22.2. The molecule has 0 saturated heterocycles. The molecule has 3 nitrogen and oxygen atoms in total. The number of hydrogen-bond donors (Lipinski definition) is 1. The molecule has 1 N–H and O–H groups in total. The Labute approximate surface area is 173 Å². The van der Waals surface area contributed by atoms with Gasteiger partial charge >= 0.3 is 0 Å². The maximum atomic E-state index is 13.0. The van der Waals surface area contributed by atoms with Gasteiger partial charge in [-0.15, -0.1) is 11.8 Å². The smallest absolute Gasteiger partial charge is 0.217 e. The summed E-state index contributed by atoms with van der Waals surface area (Å²) >= 11 is 1.62. The number of amides is 1. The van der Waals surface area contributed by atoms with Crippen LogP contribution in [0.2, 0.25) is 0 Å². The molecule has 0 aliphatic rings. The van der Waals surface area contributed by atoms with Crippen molar-refractivity contribution in [2.45, 2.75) is 51.2 Å². The molecule has 0 fully saturated rings. The Balaban J connectivity index is 2.04. The van der Waals surface area contributed by atoms with Gasteiger partial charge in [0.05, 0.1) is 5.88 Å². The molecule has 0 bridgehead atoms. The van der Waals surface area contributed by atoms with Crippen molar-refractivity contribution >= 4 is 23.5 Å². The monoisotopic (exact) mass is 397 g/mol. The number of thioether (sulfide) groups is 1. The zero-order valence-corrected chi connectivity index (χ0v) is 18.1. The fourth-order valence-electron chi connectivity index (χ4n) is 3.24. The van der Waals surface area contributed by atoms with E-state index in [4.69, 9.17) is 0 Å². The van der Waals surface area contributed by atoms with Crippen LogP contribution in [-0.2, 0) is 9.59 Å². The highest BCUT2D eigenvalue weighted by molar-refractivity contribution is 8.00. The number of carbonyl (C=O) groups excluding carboxylic acids is 2. The van der Waals surface area contributed by atoms with Crippen molar-refractivity contribution in [2.75, 3.05) is 5.88 Å². The fourth-order valence-corrected chi connectivity index (χ4v) is 4.26. The SMILES string of the molecule is CC(=O)NCSC(C)(C)[C@H](C)C(=O)CCC(c1ccccc1)c1ccccc1. The summed E-state index contributed by atoms with van der Waals surface area (Å²) in [5.74, 6) is 0.886. The summed E-state index contributed by atoms with van der Waals surface area (Å²) in [6.07, 6.45) is 1.34. The molecule has 2 aromatic carbocycles. The highest BCUT2D eigenvalue weighted by Gasteiger charge is 2.32. The minimum atomic E-state index is -0.228. The van der Waals surface area contributed by atoms with Crippen LogP contribution < -0.4 is 5.32 Å². The van der Waals surface area contributed by atoms with E-state index >= 15 is 0 Å². The van der Waals surface area contributed by atoms with Crippen LogP contribution in [0.5, 0.6) is 0 Å². The van der Waals surface area contributed by atoms with E-state index in [2.05, 4.69) is 67.7 Å². The number of rotatable bonds is 10. The number of Topliss-reactive ketones (excluding diaryl/α,β-unsaturated/α-hetero) is 1. The maximum absolute atomic E-state index is 13.0. The lowest BCUT2D eigenvalue weighted by atomic mass is 9.84. The number of hydrogen-bond acceptors (Lipinski definition) is 3. The second-order valence-corrected chi connectivity index (χ2v) is 9.36. The van der Waals surface area contributed by atoms with Crippen molar-refractivity contribution in [3.8, 4) is 0 Å². The Bertz CT molecular complexity index is 719. The molecule has 150 valence electrons. The van der Waals surface area contributed by atoms with E-state index in [9.17, 15) is 9.59 Å². The molecule has 2 aromatic rings. The average Bonchev–Trinajstić information content (AvgIpc) is 2.68. The molecule has 1 amide bonds. The van der Waals surface area contributed by atoms with Crippen molar-refractivity contribution in [1.82, 2.24) is 5.32 Å². The molecule has 0 spiro atoms. The van der Waals surface area contributed by atoms with Crippen molar-refractivity contribution < 1.29 is 9.59 Å². The lowest BCUT2D eigenvalue weighted by Crippen LogP contribution is -2.34. The summed E-state index contributed by atoms with van der Waals surface area (Å²) < 4.78 is -0.228. The molecule has 1 atom stereocenters. The summed E-state index contributed by atoms with van der Waals surface area (Å²) in [6, 6.07) is 20.8. The average molecular weight is 398 g/mol. The highest BCUT2D eigenvalue weighted by atomic mass is 32.2. The van der Waals surface area contributed by atoms with Crippen LogP contribution in [0.25, 0.3) is 0 Å². The minimum Gasteiger partial charge on any atom is -0.347 e. The molecular weight excluding hydrogens is 366 g/mol. The number of ketones is 1. The van der Waals surface area contributed by atoms with Gasteiger partial charge in [0.2, 0.25) is 5.91 Å². The van der Waals surface area contributed by atoms with Crippen LogP contribution in [0.3, 0.4) is 0 Å². The zero-order chi connectivity index (χ0) is 20.6. The molecule has 28 heavy (non-hydrogen) atoms. The summed E-state index contributed by atoms with van der Waals surface area (Å²) in [7, 11) is 0. The first-order chi connectivity index (χ1) is 13.3. The maximum Gasteiger partial charge on any atom is 0.217 e. The number of carbonyl (C=O) groups is 2. The second kappa shape index (κ2) is 10.5. The zero-order valence-electron chi connectivity index (χ0n) is 17.3. The third-order valence-corrected chi connectivity index (χ3v) is 6.76. The summed E-state index contributed by atoms with van der Waals surface area (Å²) in [5.41, 5.74) is 2.49. The van der Waals surface area contributed by atoms with Gasteiger partial charge in [-0.3, -0.25) is 9.59 Å². The molecule has 0 aromatic heterocycles. The van der Waals surface area contributed by atoms with Crippen molar-refractivity contribution in [3.63, 3.8) is 0 Å².